The van der Waals surface area contributed by atoms with Crippen LogP contribution < -0.4 is 16.1 Å². The standard InChI is InChI=1S/C13H20N4O4/c1-13(7-18,8-19)6-15(2)10-9(5-14)11(20)17(4)12(21)16(10)3/h18-19H,6-8H2,1-4H3. The Morgan fingerprint density at radius 2 is 1.76 bits per heavy atom. The molecule has 116 valence electrons. The van der Waals surface area contributed by atoms with Crippen molar-refractivity contribution in [3.05, 3.63) is 26.4 Å². The minimum Gasteiger partial charge on any atom is -0.396 e. The number of aliphatic hydroxyl groups excluding tert-OH is 2. The summed E-state index contributed by atoms with van der Waals surface area (Å²) in [5, 5.41) is 27.9. The largest absolute Gasteiger partial charge is 0.396 e. The quantitative estimate of drug-likeness (QED) is 0.675. The van der Waals surface area contributed by atoms with E-state index in [4.69, 9.17) is 0 Å². The summed E-state index contributed by atoms with van der Waals surface area (Å²) in [5.74, 6) is 0.165. The van der Waals surface area contributed by atoms with Crippen molar-refractivity contribution in [2.75, 3.05) is 31.7 Å². The maximum atomic E-state index is 12.0. The van der Waals surface area contributed by atoms with Gasteiger partial charge in [0.1, 0.15) is 11.9 Å². The molecule has 1 heterocycles. The van der Waals surface area contributed by atoms with E-state index in [9.17, 15) is 25.1 Å². The molecule has 0 aliphatic heterocycles. The molecule has 21 heavy (non-hydrogen) atoms. The molecular formula is C13H20N4O4. The number of hydrogen-bond donors (Lipinski definition) is 2. The van der Waals surface area contributed by atoms with Gasteiger partial charge in [-0.3, -0.25) is 13.9 Å². The van der Waals surface area contributed by atoms with Crippen LogP contribution in [0, 0.1) is 16.7 Å². The van der Waals surface area contributed by atoms with Crippen molar-refractivity contribution >= 4 is 5.82 Å². The highest BCUT2D eigenvalue weighted by molar-refractivity contribution is 5.53. The smallest absolute Gasteiger partial charge is 0.332 e. The van der Waals surface area contributed by atoms with Gasteiger partial charge in [-0.25, -0.2) is 4.79 Å². The predicted octanol–water partition coefficient (Wildman–Crippen LogP) is -1.62. The van der Waals surface area contributed by atoms with E-state index in [1.54, 1.807) is 14.0 Å². The van der Waals surface area contributed by atoms with Crippen molar-refractivity contribution < 1.29 is 10.2 Å². The van der Waals surface area contributed by atoms with Gasteiger partial charge >= 0.3 is 5.69 Å². The first-order valence-electron chi connectivity index (χ1n) is 6.35. The van der Waals surface area contributed by atoms with Crippen LogP contribution in [0.5, 0.6) is 0 Å². The Morgan fingerprint density at radius 1 is 1.24 bits per heavy atom. The molecule has 0 unspecified atom stereocenters. The molecule has 2 N–H and O–H groups in total. The lowest BCUT2D eigenvalue weighted by Gasteiger charge is -2.32. The van der Waals surface area contributed by atoms with Gasteiger partial charge in [0.2, 0.25) is 0 Å². The topological polar surface area (TPSA) is 111 Å². The Morgan fingerprint density at radius 3 is 2.19 bits per heavy atom. The highest BCUT2D eigenvalue weighted by atomic mass is 16.3. The minimum atomic E-state index is -0.821. The Labute approximate surface area is 122 Å². The summed E-state index contributed by atoms with van der Waals surface area (Å²) in [4.78, 5) is 25.5. The molecule has 0 aliphatic rings. The summed E-state index contributed by atoms with van der Waals surface area (Å²) < 4.78 is 2.07. The number of aromatic nitrogens is 2. The first-order valence-corrected chi connectivity index (χ1v) is 6.35. The highest BCUT2D eigenvalue weighted by Crippen LogP contribution is 2.21. The molecular weight excluding hydrogens is 276 g/mol. The lowest BCUT2D eigenvalue weighted by atomic mass is 9.92. The Balaban J connectivity index is 3.48. The summed E-state index contributed by atoms with van der Waals surface area (Å²) in [6.45, 7) is 1.30. The van der Waals surface area contributed by atoms with Gasteiger partial charge in [-0.05, 0) is 0 Å². The van der Waals surface area contributed by atoms with E-state index in [0.717, 1.165) is 4.57 Å². The van der Waals surface area contributed by atoms with E-state index in [2.05, 4.69) is 0 Å². The van der Waals surface area contributed by atoms with Gasteiger partial charge in [0.25, 0.3) is 5.56 Å². The van der Waals surface area contributed by atoms with Gasteiger partial charge in [-0.1, -0.05) is 6.92 Å². The van der Waals surface area contributed by atoms with Crippen molar-refractivity contribution in [3.63, 3.8) is 0 Å². The zero-order chi connectivity index (χ0) is 16.4. The molecule has 0 amide bonds. The molecule has 0 spiro atoms. The molecule has 1 rings (SSSR count). The number of rotatable bonds is 5. The second-order valence-corrected chi connectivity index (χ2v) is 5.50. The van der Waals surface area contributed by atoms with Gasteiger partial charge in [-0.2, -0.15) is 5.26 Å². The third-order valence-electron chi connectivity index (χ3n) is 3.49. The molecule has 8 heteroatoms. The van der Waals surface area contributed by atoms with Crippen LogP contribution in [0.2, 0.25) is 0 Å². The summed E-state index contributed by atoms with van der Waals surface area (Å²) in [6.07, 6.45) is 0. The van der Waals surface area contributed by atoms with E-state index in [-0.39, 0.29) is 31.1 Å². The van der Waals surface area contributed by atoms with Crippen LogP contribution in [-0.4, -0.2) is 46.2 Å². The molecule has 1 aromatic rings. The summed E-state index contributed by atoms with van der Waals surface area (Å²) in [6, 6.07) is 1.82. The molecule has 8 nitrogen and oxygen atoms in total. The molecule has 1 aromatic heterocycles. The van der Waals surface area contributed by atoms with Gasteiger partial charge < -0.3 is 15.1 Å². The zero-order valence-electron chi connectivity index (χ0n) is 12.6. The first-order chi connectivity index (χ1) is 9.72. The van der Waals surface area contributed by atoms with Crippen molar-refractivity contribution in [1.82, 2.24) is 9.13 Å². The molecule has 0 bridgehead atoms. The van der Waals surface area contributed by atoms with E-state index < -0.39 is 16.7 Å². The fourth-order valence-electron chi connectivity index (χ4n) is 2.18. The van der Waals surface area contributed by atoms with Crippen molar-refractivity contribution in [2.45, 2.75) is 6.92 Å². The molecule has 0 aliphatic carbocycles. The van der Waals surface area contributed by atoms with Crippen LogP contribution in [0.3, 0.4) is 0 Å². The zero-order valence-corrected chi connectivity index (χ0v) is 12.6. The minimum absolute atomic E-state index is 0.152. The first kappa shape index (κ1) is 16.9. The normalized spacial score (nSPS) is 11.3. The number of nitrogens with zero attached hydrogens (tertiary/aromatic N) is 4. The fourth-order valence-corrected chi connectivity index (χ4v) is 2.18. The lowest BCUT2D eigenvalue weighted by Crippen LogP contribution is -2.45. The molecule has 0 aromatic carbocycles. The summed E-state index contributed by atoms with van der Waals surface area (Å²) in [5.41, 5.74) is -2.19. The third-order valence-corrected chi connectivity index (χ3v) is 3.49. The van der Waals surface area contributed by atoms with Crippen LogP contribution >= 0.6 is 0 Å². The molecule has 0 saturated carbocycles. The van der Waals surface area contributed by atoms with Crippen LogP contribution in [0.25, 0.3) is 0 Å². The van der Waals surface area contributed by atoms with Crippen molar-refractivity contribution in [3.8, 4) is 6.07 Å². The Hall–Kier alpha value is -2.11. The van der Waals surface area contributed by atoms with E-state index in [0.29, 0.717) is 0 Å². The molecule has 0 atom stereocenters. The Bertz CT molecular complexity index is 679. The second kappa shape index (κ2) is 6.11. The monoisotopic (exact) mass is 296 g/mol. The average molecular weight is 296 g/mol. The molecule has 0 saturated heterocycles. The fraction of sp³-hybridized carbons (Fsp3) is 0.615. The Kier molecular flexibility index (Phi) is 4.93. The third kappa shape index (κ3) is 2.99. The van der Waals surface area contributed by atoms with Gasteiger partial charge in [0.05, 0.1) is 13.2 Å². The number of nitriles is 1. The highest BCUT2D eigenvalue weighted by Gasteiger charge is 2.27. The number of aliphatic hydroxyl groups is 2. The average Bonchev–Trinajstić information content (AvgIpc) is 2.48. The van der Waals surface area contributed by atoms with Gasteiger partial charge in [-0.15, -0.1) is 0 Å². The van der Waals surface area contributed by atoms with E-state index >= 15 is 0 Å². The SMILES string of the molecule is CN(CC(C)(CO)CO)c1c(C#N)c(=O)n(C)c(=O)n1C. The maximum absolute atomic E-state index is 12.0. The van der Waals surface area contributed by atoms with Crippen molar-refractivity contribution in [1.29, 1.82) is 5.26 Å². The second-order valence-electron chi connectivity index (χ2n) is 5.50. The summed E-state index contributed by atoms with van der Waals surface area (Å²) >= 11 is 0. The van der Waals surface area contributed by atoms with Crippen LogP contribution in [0.4, 0.5) is 5.82 Å². The van der Waals surface area contributed by atoms with Gasteiger partial charge in [0, 0.05) is 33.1 Å². The van der Waals surface area contributed by atoms with Crippen LogP contribution in [-0.2, 0) is 14.1 Å². The maximum Gasteiger partial charge on any atom is 0.332 e. The molecule has 0 radical (unpaired) electrons. The number of anilines is 1. The van der Waals surface area contributed by atoms with E-state index in [1.807, 2.05) is 6.07 Å². The predicted molar refractivity (Wildman–Crippen MR) is 77.2 cm³/mol. The van der Waals surface area contributed by atoms with Crippen molar-refractivity contribution in [2.24, 2.45) is 19.5 Å². The summed E-state index contributed by atoms with van der Waals surface area (Å²) in [7, 11) is 4.36. The van der Waals surface area contributed by atoms with Crippen LogP contribution in [0.1, 0.15) is 12.5 Å². The van der Waals surface area contributed by atoms with E-state index in [1.165, 1.54) is 23.6 Å². The van der Waals surface area contributed by atoms with Crippen LogP contribution in [0.15, 0.2) is 9.59 Å². The molecule has 0 fully saturated rings. The lowest BCUT2D eigenvalue weighted by molar-refractivity contribution is 0.0760. The number of hydrogen-bond acceptors (Lipinski definition) is 6. The van der Waals surface area contributed by atoms with Gasteiger partial charge in [0.15, 0.2) is 5.56 Å².